The summed E-state index contributed by atoms with van der Waals surface area (Å²) in [7, 11) is 3.38. The monoisotopic (exact) mass is 263 g/mol. The van der Waals surface area contributed by atoms with E-state index in [1.807, 2.05) is 0 Å². The number of carboxylic acid groups (broad SMARTS) is 1. The van der Waals surface area contributed by atoms with Crippen molar-refractivity contribution in [3.8, 4) is 0 Å². The zero-order valence-electron chi connectivity index (χ0n) is 12.5. The highest BCUT2D eigenvalue weighted by Gasteiger charge is 2.18. The second-order valence-corrected chi connectivity index (χ2v) is 4.44. The summed E-state index contributed by atoms with van der Waals surface area (Å²) >= 11 is 0. The van der Waals surface area contributed by atoms with Crippen LogP contribution in [-0.2, 0) is 9.47 Å². The summed E-state index contributed by atoms with van der Waals surface area (Å²) in [6.07, 6.45) is 1.04. The second kappa shape index (κ2) is 12.6. The Balaban J connectivity index is 0. The van der Waals surface area contributed by atoms with Crippen LogP contribution < -0.4 is 5.11 Å². The fourth-order valence-corrected chi connectivity index (χ4v) is 1.84. The molecule has 0 heterocycles. The van der Waals surface area contributed by atoms with Gasteiger partial charge in [0.05, 0.1) is 26.7 Å². The fourth-order valence-electron chi connectivity index (χ4n) is 1.84. The van der Waals surface area contributed by atoms with Gasteiger partial charge in [0.15, 0.2) is 0 Å². The molecular weight excluding hydrogens is 234 g/mol. The Hall–Kier alpha value is -0.810. The molecule has 0 amide bonds. The zero-order chi connectivity index (χ0) is 14.4. The quantitative estimate of drug-likeness (QED) is 0.376. The third-order valence-corrected chi connectivity index (χ3v) is 2.67. The van der Waals surface area contributed by atoms with E-state index in [-0.39, 0.29) is 0 Å². The third-order valence-electron chi connectivity index (χ3n) is 2.67. The first-order chi connectivity index (χ1) is 8.45. The number of ether oxygens (including phenoxy) is 2. The summed E-state index contributed by atoms with van der Waals surface area (Å²) in [6.45, 7) is 12.0. The number of carbonyl (C=O) groups is 1. The summed E-state index contributed by atoms with van der Waals surface area (Å²) in [5.41, 5.74) is 0. The molecule has 0 saturated heterocycles. The van der Waals surface area contributed by atoms with Gasteiger partial charge in [-0.2, -0.15) is 0 Å². The Morgan fingerprint density at radius 3 is 1.83 bits per heavy atom. The average Bonchev–Trinajstić information content (AvgIpc) is 2.30. The van der Waals surface area contributed by atoms with Crippen molar-refractivity contribution in [2.24, 2.45) is 0 Å². The van der Waals surface area contributed by atoms with E-state index in [1.165, 1.54) is 30.4 Å². The number of likely N-dealkylation sites (N-methyl/N-ethyl adjacent to an activating group) is 1. The molecule has 0 saturated carbocycles. The predicted molar refractivity (Wildman–Crippen MR) is 70.3 cm³/mol. The van der Waals surface area contributed by atoms with Gasteiger partial charge in [0.1, 0.15) is 6.54 Å². The number of carbonyl (C=O) groups excluding carboxylic acids is 1. The SMILES string of the molecule is CCC[N+](C)(CCC)CCOCC.COC(=O)[O-]. The van der Waals surface area contributed by atoms with Crippen molar-refractivity contribution in [1.29, 1.82) is 0 Å². The first-order valence-electron chi connectivity index (χ1n) is 6.62. The maximum absolute atomic E-state index is 9.03. The van der Waals surface area contributed by atoms with Crippen LogP contribution in [0.4, 0.5) is 4.79 Å². The van der Waals surface area contributed by atoms with Crippen molar-refractivity contribution < 1.29 is 23.9 Å². The molecule has 0 N–H and O–H groups in total. The molecule has 0 aromatic rings. The lowest BCUT2D eigenvalue weighted by Crippen LogP contribution is -2.47. The van der Waals surface area contributed by atoms with Crippen LogP contribution in [0.1, 0.15) is 33.6 Å². The summed E-state index contributed by atoms with van der Waals surface area (Å²) in [5, 5.41) is 9.03. The molecule has 110 valence electrons. The highest BCUT2D eigenvalue weighted by molar-refractivity contribution is 5.53. The Labute approximate surface area is 111 Å². The Kier molecular flexibility index (Phi) is 13.7. The van der Waals surface area contributed by atoms with Gasteiger partial charge in [0.25, 0.3) is 6.16 Å². The lowest BCUT2D eigenvalue weighted by molar-refractivity contribution is -0.910. The van der Waals surface area contributed by atoms with Crippen molar-refractivity contribution in [1.82, 2.24) is 0 Å². The molecule has 0 atom stereocenters. The number of hydrogen-bond acceptors (Lipinski definition) is 4. The van der Waals surface area contributed by atoms with Gasteiger partial charge >= 0.3 is 0 Å². The standard InChI is InChI=1S/C11H26NO.C2H4O3/c1-5-8-12(4,9-6-2)10-11-13-7-3;1-5-2(3)4/h5-11H2,1-4H3;1H3,(H,3,4)/q+1;/p-1. The largest absolute Gasteiger partial charge is 0.553 e. The minimum Gasteiger partial charge on any atom is -0.553 e. The van der Waals surface area contributed by atoms with Crippen LogP contribution >= 0.6 is 0 Å². The number of hydrogen-bond donors (Lipinski definition) is 0. The highest BCUT2D eigenvalue weighted by atomic mass is 16.6. The van der Waals surface area contributed by atoms with Crippen LogP contribution in [0.3, 0.4) is 0 Å². The van der Waals surface area contributed by atoms with Crippen LogP contribution in [-0.4, -0.2) is 57.6 Å². The first-order valence-corrected chi connectivity index (χ1v) is 6.62. The topological polar surface area (TPSA) is 58.6 Å². The van der Waals surface area contributed by atoms with Crippen LogP contribution in [0.2, 0.25) is 0 Å². The molecule has 0 aliphatic carbocycles. The lowest BCUT2D eigenvalue weighted by atomic mass is 10.3. The molecule has 0 unspecified atom stereocenters. The molecule has 0 aliphatic rings. The van der Waals surface area contributed by atoms with Gasteiger partial charge in [-0.25, -0.2) is 0 Å². The smallest absolute Gasteiger partial charge is 0.251 e. The van der Waals surface area contributed by atoms with E-state index >= 15 is 0 Å². The van der Waals surface area contributed by atoms with E-state index in [4.69, 9.17) is 14.6 Å². The zero-order valence-corrected chi connectivity index (χ0v) is 12.5. The molecule has 0 aliphatic heterocycles. The van der Waals surface area contributed by atoms with E-state index in [2.05, 4.69) is 32.6 Å². The molecule has 0 fully saturated rings. The molecular formula is C13H29NO4. The lowest BCUT2D eigenvalue weighted by Gasteiger charge is -2.34. The van der Waals surface area contributed by atoms with Crippen LogP contribution in [0, 0.1) is 0 Å². The number of rotatable bonds is 8. The maximum atomic E-state index is 9.03. The normalized spacial score (nSPS) is 10.5. The van der Waals surface area contributed by atoms with E-state index in [0.717, 1.165) is 26.9 Å². The molecule has 0 radical (unpaired) electrons. The van der Waals surface area contributed by atoms with Crippen LogP contribution in [0.15, 0.2) is 0 Å². The van der Waals surface area contributed by atoms with E-state index in [0.29, 0.717) is 0 Å². The first kappa shape index (κ1) is 19.5. The molecule has 18 heavy (non-hydrogen) atoms. The van der Waals surface area contributed by atoms with Gasteiger partial charge in [-0.1, -0.05) is 13.8 Å². The number of quaternary nitrogens is 1. The van der Waals surface area contributed by atoms with Gasteiger partial charge in [-0.05, 0) is 19.8 Å². The molecule has 0 spiro atoms. The summed E-state index contributed by atoms with van der Waals surface area (Å²) in [4.78, 5) is 9.03. The van der Waals surface area contributed by atoms with E-state index in [9.17, 15) is 0 Å². The van der Waals surface area contributed by atoms with Gasteiger partial charge in [-0.15, -0.1) is 0 Å². The van der Waals surface area contributed by atoms with Crippen molar-refractivity contribution in [3.63, 3.8) is 0 Å². The van der Waals surface area contributed by atoms with Gasteiger partial charge in [-0.3, -0.25) is 0 Å². The maximum Gasteiger partial charge on any atom is 0.251 e. The van der Waals surface area contributed by atoms with Gasteiger partial charge in [0.2, 0.25) is 0 Å². The molecule has 5 heteroatoms. The summed E-state index contributed by atoms with van der Waals surface area (Å²) in [6, 6.07) is 0. The van der Waals surface area contributed by atoms with Crippen molar-refractivity contribution in [2.45, 2.75) is 33.6 Å². The molecule has 0 aromatic carbocycles. The van der Waals surface area contributed by atoms with Crippen molar-refractivity contribution in [2.75, 3.05) is 47.0 Å². The minimum atomic E-state index is -1.50. The minimum absolute atomic E-state index is 0.845. The molecule has 0 rings (SSSR count). The van der Waals surface area contributed by atoms with Crippen LogP contribution in [0.25, 0.3) is 0 Å². The molecule has 5 nitrogen and oxygen atoms in total. The van der Waals surface area contributed by atoms with E-state index in [1.54, 1.807) is 0 Å². The van der Waals surface area contributed by atoms with E-state index < -0.39 is 6.16 Å². The molecule has 0 aromatic heterocycles. The predicted octanol–water partition coefficient (Wildman–Crippen LogP) is 1.27. The molecule has 0 bridgehead atoms. The Morgan fingerprint density at radius 1 is 1.11 bits per heavy atom. The summed E-state index contributed by atoms with van der Waals surface area (Å²) in [5.74, 6) is 0. The van der Waals surface area contributed by atoms with Gasteiger partial charge in [0, 0.05) is 13.7 Å². The number of nitrogens with zero attached hydrogens (tertiary/aromatic N) is 1. The van der Waals surface area contributed by atoms with Crippen molar-refractivity contribution in [3.05, 3.63) is 0 Å². The second-order valence-electron chi connectivity index (χ2n) is 4.44. The van der Waals surface area contributed by atoms with Crippen molar-refractivity contribution >= 4 is 6.16 Å². The average molecular weight is 263 g/mol. The van der Waals surface area contributed by atoms with Gasteiger partial charge < -0.3 is 23.9 Å². The highest BCUT2D eigenvalue weighted by Crippen LogP contribution is 2.05. The number of methoxy groups -OCH3 is 1. The van der Waals surface area contributed by atoms with Crippen LogP contribution in [0.5, 0.6) is 0 Å². The summed E-state index contributed by atoms with van der Waals surface area (Å²) < 4.78 is 10.1. The Bertz CT molecular complexity index is 191. The third kappa shape index (κ3) is 13.3. The Morgan fingerprint density at radius 2 is 1.56 bits per heavy atom. The fraction of sp³-hybridized carbons (Fsp3) is 0.923.